The van der Waals surface area contributed by atoms with Gasteiger partial charge in [0, 0.05) is 32.6 Å². The molecule has 0 fully saturated rings. The second-order valence-electron chi connectivity index (χ2n) is 5.84. The average molecular weight is 494 g/mol. The fourth-order valence-electron chi connectivity index (χ4n) is 2.37. The fraction of sp³-hybridized carbons (Fsp3) is 0.579. The van der Waals surface area contributed by atoms with Gasteiger partial charge in [0.1, 0.15) is 17.7 Å². The van der Waals surface area contributed by atoms with Crippen LogP contribution < -0.4 is 15.4 Å². The highest BCUT2D eigenvalue weighted by molar-refractivity contribution is 14.0. The van der Waals surface area contributed by atoms with Crippen LogP contribution >= 0.6 is 24.0 Å². The molecule has 0 bridgehead atoms. The Hall–Kier alpha value is -1.58. The topological polar surface area (TPSA) is 66.0 Å². The predicted molar refractivity (Wildman–Crippen MR) is 118 cm³/mol. The Morgan fingerprint density at radius 3 is 2.37 bits per heavy atom. The molecule has 1 rings (SSSR count). The lowest BCUT2D eigenvalue weighted by molar-refractivity contribution is -0.130. The van der Waals surface area contributed by atoms with Gasteiger partial charge < -0.3 is 20.3 Å². The van der Waals surface area contributed by atoms with Crippen LogP contribution in [-0.4, -0.2) is 55.6 Å². The van der Waals surface area contributed by atoms with Crippen LogP contribution in [-0.2, 0) is 4.79 Å². The van der Waals surface area contributed by atoms with E-state index in [0.717, 1.165) is 19.6 Å². The molecule has 8 heteroatoms. The van der Waals surface area contributed by atoms with Crippen molar-refractivity contribution in [3.8, 4) is 5.75 Å². The summed E-state index contributed by atoms with van der Waals surface area (Å²) in [7, 11) is 0. The van der Waals surface area contributed by atoms with Crippen LogP contribution in [0.2, 0.25) is 0 Å². The number of amides is 1. The maximum atomic E-state index is 12.9. The van der Waals surface area contributed by atoms with Gasteiger partial charge >= 0.3 is 0 Å². The number of aliphatic imine (C=N–C) groups is 1. The molecule has 0 aliphatic heterocycles. The summed E-state index contributed by atoms with van der Waals surface area (Å²) < 4.78 is 18.6. The molecule has 0 aromatic heterocycles. The Kier molecular flexibility index (Phi) is 13.6. The van der Waals surface area contributed by atoms with Crippen LogP contribution in [0.15, 0.2) is 29.3 Å². The van der Waals surface area contributed by atoms with Gasteiger partial charge in [-0.2, -0.15) is 0 Å². The van der Waals surface area contributed by atoms with Crippen LogP contribution in [0.4, 0.5) is 4.39 Å². The molecule has 0 saturated carbocycles. The van der Waals surface area contributed by atoms with Gasteiger partial charge in [0.2, 0.25) is 5.91 Å². The molecule has 27 heavy (non-hydrogen) atoms. The Labute approximate surface area is 179 Å². The van der Waals surface area contributed by atoms with Gasteiger partial charge in [-0.3, -0.25) is 4.79 Å². The van der Waals surface area contributed by atoms with E-state index in [0.29, 0.717) is 31.2 Å². The fourth-order valence-corrected chi connectivity index (χ4v) is 2.37. The van der Waals surface area contributed by atoms with Crippen molar-refractivity contribution in [2.75, 3.05) is 32.7 Å². The Morgan fingerprint density at radius 1 is 1.19 bits per heavy atom. The first kappa shape index (κ1) is 25.4. The molecule has 1 unspecified atom stereocenters. The number of ether oxygens (including phenoxy) is 1. The first-order valence-electron chi connectivity index (χ1n) is 9.22. The zero-order valence-corrected chi connectivity index (χ0v) is 19.0. The average Bonchev–Trinajstić information content (AvgIpc) is 2.62. The molecule has 0 radical (unpaired) electrons. The molecule has 2 N–H and O–H groups in total. The van der Waals surface area contributed by atoms with Crippen molar-refractivity contribution >= 4 is 35.8 Å². The van der Waals surface area contributed by atoms with Crippen LogP contribution in [0.25, 0.3) is 0 Å². The largest absolute Gasteiger partial charge is 0.489 e. The predicted octanol–water partition coefficient (Wildman–Crippen LogP) is 3.02. The third-order valence-corrected chi connectivity index (χ3v) is 3.75. The zero-order valence-electron chi connectivity index (χ0n) is 16.6. The van der Waals surface area contributed by atoms with Crippen molar-refractivity contribution in [2.24, 2.45) is 4.99 Å². The number of carbonyl (C=O) groups excluding carboxylic acids is 1. The molecular weight excluding hydrogens is 462 g/mol. The van der Waals surface area contributed by atoms with Crippen molar-refractivity contribution < 1.29 is 13.9 Å². The molecule has 0 aliphatic carbocycles. The Balaban J connectivity index is 0.00000676. The van der Waals surface area contributed by atoms with Crippen molar-refractivity contribution in [1.82, 2.24) is 15.5 Å². The highest BCUT2D eigenvalue weighted by Crippen LogP contribution is 2.13. The van der Waals surface area contributed by atoms with Crippen molar-refractivity contribution in [1.29, 1.82) is 0 Å². The van der Waals surface area contributed by atoms with Crippen LogP contribution in [0.5, 0.6) is 5.75 Å². The summed E-state index contributed by atoms with van der Waals surface area (Å²) >= 11 is 0. The Morgan fingerprint density at radius 2 is 1.81 bits per heavy atom. The zero-order chi connectivity index (χ0) is 19.4. The first-order valence-corrected chi connectivity index (χ1v) is 9.22. The molecule has 6 nitrogen and oxygen atoms in total. The van der Waals surface area contributed by atoms with Gasteiger partial charge in [0.05, 0.1) is 6.54 Å². The molecule has 0 heterocycles. The highest BCUT2D eigenvalue weighted by Gasteiger charge is 2.09. The molecule has 1 amide bonds. The second-order valence-corrected chi connectivity index (χ2v) is 5.84. The molecule has 154 valence electrons. The van der Waals surface area contributed by atoms with E-state index in [4.69, 9.17) is 4.74 Å². The van der Waals surface area contributed by atoms with E-state index in [9.17, 15) is 9.18 Å². The van der Waals surface area contributed by atoms with Gasteiger partial charge in [-0.15, -0.1) is 24.0 Å². The van der Waals surface area contributed by atoms with E-state index in [1.807, 2.05) is 32.6 Å². The molecular formula is C19H32FIN4O2. The number of rotatable bonds is 10. The smallest absolute Gasteiger partial charge is 0.224 e. The Bertz CT molecular complexity index is 565. The summed E-state index contributed by atoms with van der Waals surface area (Å²) in [6.07, 6.45) is 0.265. The summed E-state index contributed by atoms with van der Waals surface area (Å²) in [6, 6.07) is 5.92. The van der Waals surface area contributed by atoms with E-state index in [1.165, 1.54) is 12.1 Å². The third kappa shape index (κ3) is 10.4. The number of nitrogens with one attached hydrogen (secondary N) is 2. The van der Waals surface area contributed by atoms with E-state index in [2.05, 4.69) is 15.6 Å². The standard InChI is InChI=1S/C19H31FN4O2.HI/c1-5-21-19(22-13-12-18(25)24(6-2)7-3)23-14-15(4)26-17-10-8-16(20)9-11-17;/h8-11,15H,5-7,12-14H2,1-4H3,(H2,21,22,23);1H. The summed E-state index contributed by atoms with van der Waals surface area (Å²) in [4.78, 5) is 18.3. The number of benzene rings is 1. The normalized spacial score (nSPS) is 12.0. The van der Waals surface area contributed by atoms with Gasteiger partial charge in [0.25, 0.3) is 0 Å². The van der Waals surface area contributed by atoms with Crippen molar-refractivity contribution in [3.63, 3.8) is 0 Å². The molecule has 1 aromatic carbocycles. The maximum Gasteiger partial charge on any atom is 0.224 e. The van der Waals surface area contributed by atoms with E-state index in [-0.39, 0.29) is 41.8 Å². The van der Waals surface area contributed by atoms with Gasteiger partial charge in [-0.25, -0.2) is 9.38 Å². The summed E-state index contributed by atoms with van der Waals surface area (Å²) in [5.74, 6) is 1.10. The summed E-state index contributed by atoms with van der Waals surface area (Å²) in [6.45, 7) is 11.0. The lowest BCUT2D eigenvalue weighted by Crippen LogP contribution is -2.40. The minimum absolute atomic E-state index is 0. The SMILES string of the molecule is CCNC(=NCC(C)Oc1ccc(F)cc1)NCCC(=O)N(CC)CC.I. The molecule has 0 aliphatic rings. The molecule has 0 spiro atoms. The van der Waals surface area contributed by atoms with E-state index in [1.54, 1.807) is 12.1 Å². The second kappa shape index (κ2) is 14.5. The first-order chi connectivity index (χ1) is 12.5. The third-order valence-electron chi connectivity index (χ3n) is 3.75. The quantitative estimate of drug-likeness (QED) is 0.298. The molecule has 1 aromatic rings. The maximum absolute atomic E-state index is 12.9. The van der Waals surface area contributed by atoms with Gasteiger partial charge in [-0.1, -0.05) is 0 Å². The highest BCUT2D eigenvalue weighted by atomic mass is 127. The number of carbonyl (C=O) groups is 1. The van der Waals surface area contributed by atoms with E-state index >= 15 is 0 Å². The minimum Gasteiger partial charge on any atom is -0.489 e. The number of halogens is 2. The van der Waals surface area contributed by atoms with Crippen LogP contribution in [0.3, 0.4) is 0 Å². The van der Waals surface area contributed by atoms with Crippen molar-refractivity contribution in [2.45, 2.75) is 40.2 Å². The summed E-state index contributed by atoms with van der Waals surface area (Å²) in [5, 5.41) is 6.32. The number of guanidine groups is 1. The van der Waals surface area contributed by atoms with Gasteiger partial charge in [-0.05, 0) is 52.0 Å². The summed E-state index contributed by atoms with van der Waals surface area (Å²) in [5.41, 5.74) is 0. The molecule has 1 atom stereocenters. The van der Waals surface area contributed by atoms with Crippen molar-refractivity contribution in [3.05, 3.63) is 30.1 Å². The lowest BCUT2D eigenvalue weighted by Gasteiger charge is -2.19. The van der Waals surface area contributed by atoms with Crippen LogP contribution in [0, 0.1) is 5.82 Å². The van der Waals surface area contributed by atoms with E-state index < -0.39 is 0 Å². The lowest BCUT2D eigenvalue weighted by atomic mass is 10.3. The van der Waals surface area contributed by atoms with Gasteiger partial charge in [0.15, 0.2) is 5.96 Å². The minimum atomic E-state index is -0.291. The monoisotopic (exact) mass is 494 g/mol. The number of hydrogen-bond donors (Lipinski definition) is 2. The number of hydrogen-bond acceptors (Lipinski definition) is 3. The molecule has 0 saturated heterocycles. The van der Waals surface area contributed by atoms with Crippen LogP contribution in [0.1, 0.15) is 34.1 Å². The number of nitrogens with zero attached hydrogens (tertiary/aromatic N) is 2.